The Bertz CT molecular complexity index is 599. The first-order valence-corrected chi connectivity index (χ1v) is 8.38. The summed E-state index contributed by atoms with van der Waals surface area (Å²) in [6.07, 6.45) is 2.75. The predicted octanol–water partition coefficient (Wildman–Crippen LogP) is 1.61. The van der Waals surface area contributed by atoms with E-state index in [1.165, 1.54) is 6.42 Å². The minimum Gasteiger partial charge on any atom is -0.377 e. The van der Waals surface area contributed by atoms with E-state index in [-0.39, 0.29) is 29.4 Å². The zero-order valence-corrected chi connectivity index (χ0v) is 17.5. The fourth-order valence-electron chi connectivity index (χ4n) is 3.93. The quantitative estimate of drug-likeness (QED) is 0.418. The first kappa shape index (κ1) is 19.4. The lowest BCUT2D eigenvalue weighted by Crippen LogP contribution is -2.71. The van der Waals surface area contributed by atoms with Crippen molar-refractivity contribution in [1.29, 1.82) is 0 Å². The number of hydrogen-bond donors (Lipinski definition) is 2. The zero-order valence-electron chi connectivity index (χ0n) is 15.2. The Morgan fingerprint density at radius 3 is 2.79 bits per heavy atom. The van der Waals surface area contributed by atoms with Gasteiger partial charge in [0, 0.05) is 38.1 Å². The molecule has 2 aliphatic rings. The van der Waals surface area contributed by atoms with Crippen LogP contribution in [0.25, 0.3) is 0 Å². The molecule has 0 amide bonds. The molecule has 24 heavy (non-hydrogen) atoms. The van der Waals surface area contributed by atoms with Gasteiger partial charge in [0.25, 0.3) is 0 Å². The molecule has 0 aromatic carbocycles. The number of hydrogen-bond acceptors (Lipinski definition) is 4. The van der Waals surface area contributed by atoms with Gasteiger partial charge in [-0.05, 0) is 19.8 Å². The van der Waals surface area contributed by atoms with E-state index in [1.807, 2.05) is 18.5 Å². The van der Waals surface area contributed by atoms with E-state index in [0.29, 0.717) is 24.6 Å². The van der Waals surface area contributed by atoms with Gasteiger partial charge >= 0.3 is 0 Å². The fourth-order valence-corrected chi connectivity index (χ4v) is 3.93. The molecular formula is C16H29IN6O. The molecule has 0 spiro atoms. The SMILES string of the molecule is CN=C(NCc1nnc(C)n1C)NC1C2CCCOC2C1(C)C.I. The van der Waals surface area contributed by atoms with Crippen LogP contribution in [0.15, 0.2) is 4.99 Å². The molecular weight excluding hydrogens is 419 g/mol. The molecule has 1 saturated heterocycles. The second kappa shape index (κ2) is 7.55. The van der Waals surface area contributed by atoms with Crippen LogP contribution in [0.4, 0.5) is 0 Å². The summed E-state index contributed by atoms with van der Waals surface area (Å²) in [6, 6.07) is 0.389. The highest BCUT2D eigenvalue weighted by Gasteiger charge is 2.58. The molecule has 2 heterocycles. The highest BCUT2D eigenvalue weighted by molar-refractivity contribution is 14.0. The summed E-state index contributed by atoms with van der Waals surface area (Å²) in [4.78, 5) is 4.36. The van der Waals surface area contributed by atoms with Crippen molar-refractivity contribution in [1.82, 2.24) is 25.4 Å². The summed E-state index contributed by atoms with van der Waals surface area (Å²) in [7, 11) is 3.78. The van der Waals surface area contributed by atoms with Gasteiger partial charge in [0.1, 0.15) is 5.82 Å². The van der Waals surface area contributed by atoms with Crippen molar-refractivity contribution in [2.24, 2.45) is 23.4 Å². The van der Waals surface area contributed by atoms with Crippen molar-refractivity contribution in [2.45, 2.75) is 52.3 Å². The molecule has 3 unspecified atom stereocenters. The number of fused-ring (bicyclic) bond motifs is 1. The van der Waals surface area contributed by atoms with Crippen LogP contribution in [0.1, 0.15) is 38.3 Å². The Morgan fingerprint density at radius 2 is 2.17 bits per heavy atom. The van der Waals surface area contributed by atoms with E-state index < -0.39 is 0 Å². The van der Waals surface area contributed by atoms with Gasteiger partial charge in [-0.2, -0.15) is 0 Å². The molecule has 1 aliphatic heterocycles. The lowest BCUT2D eigenvalue weighted by molar-refractivity contribution is -0.188. The summed E-state index contributed by atoms with van der Waals surface area (Å²) in [5, 5.41) is 15.2. The van der Waals surface area contributed by atoms with E-state index in [0.717, 1.165) is 30.6 Å². The van der Waals surface area contributed by atoms with E-state index in [4.69, 9.17) is 4.74 Å². The lowest BCUT2D eigenvalue weighted by Gasteiger charge is -2.60. The minimum absolute atomic E-state index is 0. The molecule has 8 heteroatoms. The van der Waals surface area contributed by atoms with Crippen molar-refractivity contribution in [2.75, 3.05) is 13.7 Å². The van der Waals surface area contributed by atoms with Gasteiger partial charge in [-0.1, -0.05) is 13.8 Å². The Labute approximate surface area is 161 Å². The number of aliphatic imine (C=N–C) groups is 1. The monoisotopic (exact) mass is 448 g/mol. The normalized spacial score (nSPS) is 28.4. The third-order valence-electron chi connectivity index (χ3n) is 5.44. The van der Waals surface area contributed by atoms with Crippen molar-refractivity contribution in [3.8, 4) is 0 Å². The second-order valence-corrected chi connectivity index (χ2v) is 7.19. The van der Waals surface area contributed by atoms with Gasteiger partial charge in [0.2, 0.25) is 0 Å². The first-order valence-electron chi connectivity index (χ1n) is 8.38. The summed E-state index contributed by atoms with van der Waals surface area (Å²) < 4.78 is 7.95. The Morgan fingerprint density at radius 1 is 1.42 bits per heavy atom. The van der Waals surface area contributed by atoms with Crippen molar-refractivity contribution in [3.05, 3.63) is 11.6 Å². The number of aromatic nitrogens is 3. The van der Waals surface area contributed by atoms with Gasteiger partial charge in [-0.15, -0.1) is 34.2 Å². The van der Waals surface area contributed by atoms with Gasteiger partial charge in [0.05, 0.1) is 12.6 Å². The van der Waals surface area contributed by atoms with Crippen LogP contribution < -0.4 is 10.6 Å². The highest BCUT2D eigenvalue weighted by atomic mass is 127. The number of rotatable bonds is 3. The average Bonchev–Trinajstić information content (AvgIpc) is 2.87. The zero-order chi connectivity index (χ0) is 16.6. The van der Waals surface area contributed by atoms with Crippen LogP contribution in [0.3, 0.4) is 0 Å². The van der Waals surface area contributed by atoms with Gasteiger partial charge in [-0.3, -0.25) is 4.99 Å². The van der Waals surface area contributed by atoms with E-state index in [2.05, 4.69) is 39.7 Å². The number of halogens is 1. The molecule has 1 aliphatic carbocycles. The molecule has 136 valence electrons. The van der Waals surface area contributed by atoms with E-state index in [9.17, 15) is 0 Å². The number of aryl methyl sites for hydroxylation is 1. The van der Waals surface area contributed by atoms with Crippen molar-refractivity contribution < 1.29 is 4.74 Å². The molecule has 0 bridgehead atoms. The Hall–Kier alpha value is -0.900. The maximum Gasteiger partial charge on any atom is 0.191 e. The van der Waals surface area contributed by atoms with Crippen LogP contribution in [-0.4, -0.2) is 46.5 Å². The standard InChI is InChI=1S/C16H28N6O.HI/c1-10-20-21-12(22(10)5)9-18-15(17-4)19-13-11-7-6-8-23-14(11)16(13,2)3;/h11,13-14H,6-9H2,1-5H3,(H2,17,18,19);1H. The Kier molecular flexibility index (Phi) is 6.11. The predicted molar refractivity (Wildman–Crippen MR) is 105 cm³/mol. The fraction of sp³-hybridized carbons (Fsp3) is 0.812. The maximum absolute atomic E-state index is 5.96. The van der Waals surface area contributed by atoms with Crippen LogP contribution in [0, 0.1) is 18.3 Å². The molecule has 1 aromatic rings. The molecule has 7 nitrogen and oxygen atoms in total. The van der Waals surface area contributed by atoms with Crippen LogP contribution >= 0.6 is 24.0 Å². The summed E-state index contributed by atoms with van der Waals surface area (Å²) in [5.74, 6) is 3.20. The largest absolute Gasteiger partial charge is 0.377 e. The number of ether oxygens (including phenoxy) is 1. The van der Waals surface area contributed by atoms with Crippen LogP contribution in [0.5, 0.6) is 0 Å². The smallest absolute Gasteiger partial charge is 0.191 e. The molecule has 1 aromatic heterocycles. The summed E-state index contributed by atoms with van der Waals surface area (Å²) >= 11 is 0. The van der Waals surface area contributed by atoms with E-state index >= 15 is 0 Å². The van der Waals surface area contributed by atoms with Gasteiger partial charge < -0.3 is 19.9 Å². The van der Waals surface area contributed by atoms with Crippen molar-refractivity contribution >= 4 is 29.9 Å². The van der Waals surface area contributed by atoms with Crippen LogP contribution in [0.2, 0.25) is 0 Å². The summed E-state index contributed by atoms with van der Waals surface area (Å²) in [5.41, 5.74) is 0.129. The third kappa shape index (κ3) is 3.40. The molecule has 3 atom stereocenters. The average molecular weight is 448 g/mol. The molecule has 1 saturated carbocycles. The van der Waals surface area contributed by atoms with Gasteiger partial charge in [0.15, 0.2) is 11.8 Å². The maximum atomic E-state index is 5.96. The molecule has 2 N–H and O–H groups in total. The lowest BCUT2D eigenvalue weighted by atomic mass is 9.55. The Balaban J connectivity index is 0.00000208. The third-order valence-corrected chi connectivity index (χ3v) is 5.44. The highest BCUT2D eigenvalue weighted by Crippen LogP contribution is 2.51. The topological polar surface area (TPSA) is 76.4 Å². The molecule has 0 radical (unpaired) electrons. The van der Waals surface area contributed by atoms with Gasteiger partial charge in [-0.25, -0.2) is 0 Å². The number of nitrogens with one attached hydrogen (secondary N) is 2. The number of guanidine groups is 1. The van der Waals surface area contributed by atoms with Crippen molar-refractivity contribution in [3.63, 3.8) is 0 Å². The number of nitrogens with zero attached hydrogens (tertiary/aromatic N) is 4. The molecule has 3 rings (SSSR count). The summed E-state index contributed by atoms with van der Waals surface area (Å²) in [6.45, 7) is 8.00. The van der Waals surface area contributed by atoms with Crippen LogP contribution in [-0.2, 0) is 18.3 Å². The minimum atomic E-state index is 0. The molecule has 2 fully saturated rings. The first-order chi connectivity index (χ1) is 10.9. The second-order valence-electron chi connectivity index (χ2n) is 7.19. The van der Waals surface area contributed by atoms with E-state index in [1.54, 1.807) is 7.05 Å².